The van der Waals surface area contributed by atoms with Crippen LogP contribution in [0, 0.1) is 6.92 Å². The molecule has 0 aliphatic rings. The summed E-state index contributed by atoms with van der Waals surface area (Å²) in [7, 11) is 2.88. The Morgan fingerprint density at radius 2 is 2.15 bits per heavy atom. The molecule has 13 heavy (non-hydrogen) atoms. The van der Waals surface area contributed by atoms with Crippen LogP contribution in [0.15, 0.2) is 17.2 Å². The van der Waals surface area contributed by atoms with Gasteiger partial charge in [-0.15, -0.1) is 0 Å². The fourth-order valence-electron chi connectivity index (χ4n) is 0.883. The first-order chi connectivity index (χ1) is 5.95. The normalized spacial score (nSPS) is 11.3. The van der Waals surface area contributed by atoms with Gasteiger partial charge in [-0.3, -0.25) is 0 Å². The highest BCUT2D eigenvalue weighted by Crippen LogP contribution is 2.20. The van der Waals surface area contributed by atoms with E-state index in [1.165, 1.54) is 13.2 Å². The minimum atomic E-state index is -3.70. The van der Waals surface area contributed by atoms with Gasteiger partial charge in [-0.2, -0.15) is 0 Å². The Hall–Kier alpha value is -0.810. The molecular formula is C7H8ClNO3S. The lowest BCUT2D eigenvalue weighted by atomic mass is 10.3. The molecule has 0 bridgehead atoms. The van der Waals surface area contributed by atoms with Crippen LogP contribution in [-0.2, 0) is 9.05 Å². The summed E-state index contributed by atoms with van der Waals surface area (Å²) >= 11 is 0. The summed E-state index contributed by atoms with van der Waals surface area (Å²) in [5.41, 5.74) is 0.629. The number of aryl methyl sites for hydroxylation is 1. The van der Waals surface area contributed by atoms with E-state index in [4.69, 9.17) is 15.4 Å². The van der Waals surface area contributed by atoms with Gasteiger partial charge in [0.25, 0.3) is 9.05 Å². The quantitative estimate of drug-likeness (QED) is 0.707. The summed E-state index contributed by atoms with van der Waals surface area (Å²) in [6, 6.07) is 1.41. The van der Waals surface area contributed by atoms with E-state index in [1.807, 2.05) is 0 Å². The van der Waals surface area contributed by atoms with Gasteiger partial charge >= 0.3 is 0 Å². The van der Waals surface area contributed by atoms with Gasteiger partial charge in [0.15, 0.2) is 0 Å². The molecule has 0 saturated heterocycles. The summed E-state index contributed by atoms with van der Waals surface area (Å²) in [6.45, 7) is 1.69. The Bertz CT molecular complexity index is 416. The molecule has 0 amide bonds. The zero-order valence-electron chi connectivity index (χ0n) is 7.11. The second-order valence-corrected chi connectivity index (χ2v) is 5.00. The monoisotopic (exact) mass is 221 g/mol. The molecule has 0 aliphatic carbocycles. The lowest BCUT2D eigenvalue weighted by Gasteiger charge is -2.03. The third-order valence-electron chi connectivity index (χ3n) is 1.48. The molecule has 0 spiro atoms. The molecule has 0 aliphatic heterocycles. The van der Waals surface area contributed by atoms with Gasteiger partial charge in [0.1, 0.15) is 4.90 Å². The molecule has 1 rings (SSSR count). The Morgan fingerprint density at radius 3 is 2.54 bits per heavy atom. The highest BCUT2D eigenvalue weighted by Gasteiger charge is 2.12. The largest absolute Gasteiger partial charge is 0.481 e. The van der Waals surface area contributed by atoms with E-state index in [1.54, 1.807) is 6.92 Å². The number of aromatic nitrogens is 1. The third kappa shape index (κ3) is 2.32. The number of hydrogen-bond donors (Lipinski definition) is 0. The number of ether oxygens (including phenoxy) is 1. The second-order valence-electron chi connectivity index (χ2n) is 2.44. The van der Waals surface area contributed by atoms with Crippen molar-refractivity contribution in [3.05, 3.63) is 17.8 Å². The zero-order valence-corrected chi connectivity index (χ0v) is 8.69. The van der Waals surface area contributed by atoms with E-state index >= 15 is 0 Å². The summed E-state index contributed by atoms with van der Waals surface area (Å²) in [6.07, 6.45) is 1.16. The van der Waals surface area contributed by atoms with Crippen molar-refractivity contribution in [2.45, 2.75) is 11.8 Å². The highest BCUT2D eigenvalue weighted by molar-refractivity contribution is 8.13. The van der Waals surface area contributed by atoms with Crippen molar-refractivity contribution in [2.75, 3.05) is 7.11 Å². The highest BCUT2D eigenvalue weighted by atomic mass is 35.7. The lowest BCUT2D eigenvalue weighted by Crippen LogP contribution is -1.96. The molecule has 0 radical (unpaired) electrons. The van der Waals surface area contributed by atoms with Crippen LogP contribution in [-0.4, -0.2) is 20.5 Å². The fourth-order valence-corrected chi connectivity index (χ4v) is 1.63. The van der Waals surface area contributed by atoms with E-state index in [0.29, 0.717) is 11.4 Å². The maximum Gasteiger partial charge on any atom is 0.262 e. The van der Waals surface area contributed by atoms with Crippen LogP contribution in [0.25, 0.3) is 0 Å². The molecule has 0 fully saturated rings. The van der Waals surface area contributed by atoms with Crippen molar-refractivity contribution in [2.24, 2.45) is 0 Å². The van der Waals surface area contributed by atoms with Crippen molar-refractivity contribution >= 4 is 19.7 Å². The number of methoxy groups -OCH3 is 1. The fraction of sp³-hybridized carbons (Fsp3) is 0.286. The number of hydrogen-bond acceptors (Lipinski definition) is 4. The van der Waals surface area contributed by atoms with Crippen LogP contribution in [0.3, 0.4) is 0 Å². The molecule has 0 unspecified atom stereocenters. The molecule has 4 nitrogen and oxygen atoms in total. The molecule has 0 saturated carbocycles. The minimum absolute atomic E-state index is 0.0209. The first kappa shape index (κ1) is 10.3. The van der Waals surface area contributed by atoms with Crippen molar-refractivity contribution in [1.29, 1.82) is 0 Å². The van der Waals surface area contributed by atoms with Gasteiger partial charge in [0.05, 0.1) is 13.3 Å². The van der Waals surface area contributed by atoms with E-state index in [0.717, 1.165) is 6.20 Å². The number of rotatable bonds is 2. The minimum Gasteiger partial charge on any atom is -0.481 e. The SMILES string of the molecule is COc1ncc(S(=O)(=O)Cl)cc1C. The van der Waals surface area contributed by atoms with Crippen LogP contribution in [0.2, 0.25) is 0 Å². The smallest absolute Gasteiger partial charge is 0.262 e. The lowest BCUT2D eigenvalue weighted by molar-refractivity contribution is 0.394. The zero-order chi connectivity index (χ0) is 10.1. The van der Waals surface area contributed by atoms with Gasteiger partial charge < -0.3 is 4.74 Å². The van der Waals surface area contributed by atoms with Crippen molar-refractivity contribution in [3.63, 3.8) is 0 Å². The standard InChI is InChI=1S/C7H8ClNO3S/c1-5-3-6(13(8,10)11)4-9-7(5)12-2/h3-4H,1-2H3. The maximum atomic E-state index is 10.9. The van der Waals surface area contributed by atoms with Crippen LogP contribution < -0.4 is 4.74 Å². The maximum absolute atomic E-state index is 10.9. The number of pyridine rings is 1. The molecule has 1 aromatic heterocycles. The number of halogens is 1. The summed E-state index contributed by atoms with van der Waals surface area (Å²) in [5, 5.41) is 0. The first-order valence-corrected chi connectivity index (χ1v) is 5.71. The first-order valence-electron chi connectivity index (χ1n) is 3.40. The number of nitrogens with zero attached hydrogens (tertiary/aromatic N) is 1. The van der Waals surface area contributed by atoms with Crippen LogP contribution in [0.1, 0.15) is 5.56 Å². The van der Waals surface area contributed by atoms with Gasteiger partial charge in [-0.25, -0.2) is 13.4 Å². The molecule has 0 N–H and O–H groups in total. The molecule has 1 aromatic rings. The Balaban J connectivity index is 3.26. The van der Waals surface area contributed by atoms with Crippen LogP contribution >= 0.6 is 10.7 Å². The molecule has 6 heteroatoms. The van der Waals surface area contributed by atoms with E-state index in [2.05, 4.69) is 4.98 Å². The van der Waals surface area contributed by atoms with Gasteiger partial charge in [0.2, 0.25) is 5.88 Å². The molecule has 0 aromatic carbocycles. The van der Waals surface area contributed by atoms with E-state index < -0.39 is 9.05 Å². The summed E-state index contributed by atoms with van der Waals surface area (Å²) in [5.74, 6) is 0.393. The Morgan fingerprint density at radius 1 is 1.54 bits per heavy atom. The van der Waals surface area contributed by atoms with Crippen LogP contribution in [0.5, 0.6) is 5.88 Å². The topological polar surface area (TPSA) is 56.3 Å². The average molecular weight is 222 g/mol. The third-order valence-corrected chi connectivity index (χ3v) is 2.80. The predicted octanol–water partition coefficient (Wildman–Crippen LogP) is 1.33. The Labute approximate surface area is 80.9 Å². The molecule has 0 atom stereocenters. The summed E-state index contributed by atoms with van der Waals surface area (Å²) < 4.78 is 26.6. The van der Waals surface area contributed by atoms with E-state index in [9.17, 15) is 8.42 Å². The second kappa shape index (κ2) is 3.51. The van der Waals surface area contributed by atoms with Gasteiger partial charge in [-0.05, 0) is 13.0 Å². The molecular weight excluding hydrogens is 214 g/mol. The molecule has 1 heterocycles. The molecule has 72 valence electrons. The summed E-state index contributed by atoms with van der Waals surface area (Å²) in [4.78, 5) is 3.76. The average Bonchev–Trinajstić information content (AvgIpc) is 2.02. The van der Waals surface area contributed by atoms with Gasteiger partial charge in [-0.1, -0.05) is 0 Å². The van der Waals surface area contributed by atoms with Crippen molar-refractivity contribution in [3.8, 4) is 5.88 Å². The Kier molecular flexibility index (Phi) is 2.77. The van der Waals surface area contributed by atoms with E-state index in [-0.39, 0.29) is 4.90 Å². The predicted molar refractivity (Wildman–Crippen MR) is 48.6 cm³/mol. The van der Waals surface area contributed by atoms with Crippen LogP contribution in [0.4, 0.5) is 0 Å². The van der Waals surface area contributed by atoms with Crippen molar-refractivity contribution in [1.82, 2.24) is 4.98 Å². The van der Waals surface area contributed by atoms with Crippen molar-refractivity contribution < 1.29 is 13.2 Å². The van der Waals surface area contributed by atoms with Gasteiger partial charge in [0, 0.05) is 16.2 Å².